The molecule has 7 atom stereocenters. The number of allylic oxidation sites excluding steroid dienone is 5. The van der Waals surface area contributed by atoms with E-state index in [1.54, 1.807) is 6.08 Å². The van der Waals surface area contributed by atoms with Gasteiger partial charge in [0.1, 0.15) is 24.4 Å². The summed E-state index contributed by atoms with van der Waals surface area (Å²) in [5.41, 5.74) is 0. The molecule has 1 fully saturated rings. The van der Waals surface area contributed by atoms with E-state index in [4.69, 9.17) is 9.47 Å². The van der Waals surface area contributed by atoms with Gasteiger partial charge in [0.15, 0.2) is 6.29 Å². The summed E-state index contributed by atoms with van der Waals surface area (Å²) in [4.78, 5) is 13.1. The molecule has 1 aliphatic rings. The molecule has 1 heterocycles. The predicted octanol–water partition coefficient (Wildman–Crippen LogP) is 14.2. The first-order valence-corrected chi connectivity index (χ1v) is 31.2. The minimum Gasteiger partial charge on any atom is -0.394 e. The second-order valence-corrected chi connectivity index (χ2v) is 22.0. The number of hydrogen-bond donors (Lipinski definition) is 6. The molecular weight excluding hydrogens is 931 g/mol. The van der Waals surface area contributed by atoms with Gasteiger partial charge >= 0.3 is 10.4 Å². The van der Waals surface area contributed by atoms with Gasteiger partial charge in [-0.3, -0.25) is 9.35 Å². The summed E-state index contributed by atoms with van der Waals surface area (Å²) in [7, 11) is -5.09. The van der Waals surface area contributed by atoms with Crippen LogP contribution in [-0.4, -0.2) is 95.4 Å². The number of rotatable bonds is 52. The lowest BCUT2D eigenvalue weighted by atomic mass is 9.99. The van der Waals surface area contributed by atoms with E-state index in [0.29, 0.717) is 6.42 Å². The van der Waals surface area contributed by atoms with E-state index >= 15 is 0 Å². The minimum absolute atomic E-state index is 0.262. The van der Waals surface area contributed by atoms with Gasteiger partial charge in [-0.1, -0.05) is 256 Å². The van der Waals surface area contributed by atoms with Gasteiger partial charge in [-0.25, -0.2) is 4.18 Å². The van der Waals surface area contributed by atoms with Crippen molar-refractivity contribution in [3.8, 4) is 0 Å². The number of aliphatic hydroxyl groups is 4. The molecule has 1 amide bonds. The molecule has 12 nitrogen and oxygen atoms in total. The Labute approximate surface area is 441 Å². The van der Waals surface area contributed by atoms with Crippen molar-refractivity contribution in [1.82, 2.24) is 5.32 Å². The molecule has 13 heteroatoms. The molecule has 0 bridgehead atoms. The van der Waals surface area contributed by atoms with Crippen molar-refractivity contribution in [1.29, 1.82) is 0 Å². The quantitative estimate of drug-likeness (QED) is 0.0193. The molecule has 1 rings (SSSR count). The van der Waals surface area contributed by atoms with Gasteiger partial charge in [0.05, 0.1) is 25.4 Å². The van der Waals surface area contributed by atoms with Crippen molar-refractivity contribution in [2.75, 3.05) is 13.2 Å². The average molecular weight is 1040 g/mol. The Morgan fingerprint density at radius 2 is 0.931 bits per heavy atom. The molecule has 0 spiro atoms. The number of aliphatic hydroxyl groups excluding tert-OH is 4. The van der Waals surface area contributed by atoms with Gasteiger partial charge in [0.2, 0.25) is 5.91 Å². The van der Waals surface area contributed by atoms with Gasteiger partial charge in [-0.15, -0.1) is 0 Å². The summed E-state index contributed by atoms with van der Waals surface area (Å²) in [6.07, 6.45) is 53.3. The normalized spacial score (nSPS) is 19.6. The number of hydrogen-bond acceptors (Lipinski definition) is 10. The number of nitrogens with one attached hydrogen (secondary N) is 1. The number of carbonyl (C=O) groups is 1. The molecule has 6 N–H and O–H groups in total. The van der Waals surface area contributed by atoms with E-state index in [9.17, 15) is 38.2 Å². The molecule has 424 valence electrons. The van der Waals surface area contributed by atoms with Crippen molar-refractivity contribution < 1.29 is 51.8 Å². The molecule has 0 radical (unpaired) electrons. The molecular formula is C59H111NO11S. The largest absolute Gasteiger partial charge is 0.397 e. The van der Waals surface area contributed by atoms with Crippen LogP contribution in [0.5, 0.6) is 0 Å². The maximum Gasteiger partial charge on any atom is 0.397 e. The number of amides is 1. The molecule has 0 saturated carbocycles. The second kappa shape index (κ2) is 48.9. The highest BCUT2D eigenvalue weighted by molar-refractivity contribution is 7.80. The lowest BCUT2D eigenvalue weighted by Gasteiger charge is -2.41. The number of carbonyl (C=O) groups excluding carboxylic acids is 1. The Balaban J connectivity index is 2.34. The first-order valence-electron chi connectivity index (χ1n) is 29.9. The Bertz CT molecular complexity index is 1410. The van der Waals surface area contributed by atoms with Crippen LogP contribution < -0.4 is 5.32 Å². The van der Waals surface area contributed by atoms with Crippen LogP contribution in [0.4, 0.5) is 0 Å². The molecule has 0 aromatic heterocycles. The van der Waals surface area contributed by atoms with Crippen molar-refractivity contribution in [2.24, 2.45) is 0 Å². The van der Waals surface area contributed by atoms with E-state index in [1.807, 2.05) is 6.08 Å². The Morgan fingerprint density at radius 1 is 0.556 bits per heavy atom. The molecule has 1 aliphatic heterocycles. The maximum atomic E-state index is 13.1. The summed E-state index contributed by atoms with van der Waals surface area (Å²) in [5, 5.41) is 45.0. The third-order valence-corrected chi connectivity index (χ3v) is 14.6. The van der Waals surface area contributed by atoms with Gasteiger partial charge in [-0.05, 0) is 51.4 Å². The predicted molar refractivity (Wildman–Crippen MR) is 296 cm³/mol. The molecule has 72 heavy (non-hydrogen) atoms. The first-order chi connectivity index (χ1) is 35.0. The van der Waals surface area contributed by atoms with Crippen LogP contribution in [0.25, 0.3) is 0 Å². The van der Waals surface area contributed by atoms with E-state index in [-0.39, 0.29) is 18.9 Å². The summed E-state index contributed by atoms with van der Waals surface area (Å²) in [6, 6.07) is -0.946. The van der Waals surface area contributed by atoms with Crippen LogP contribution in [-0.2, 0) is 28.9 Å². The highest BCUT2D eigenvalue weighted by Gasteiger charge is 2.48. The van der Waals surface area contributed by atoms with Crippen molar-refractivity contribution >= 4 is 16.3 Å². The molecule has 0 aliphatic carbocycles. The summed E-state index contributed by atoms with van der Waals surface area (Å²) in [5.74, 6) is -0.262. The van der Waals surface area contributed by atoms with E-state index in [0.717, 1.165) is 44.9 Å². The molecule has 0 aromatic carbocycles. The fourth-order valence-electron chi connectivity index (χ4n) is 9.55. The van der Waals surface area contributed by atoms with Gasteiger partial charge in [0, 0.05) is 6.42 Å². The van der Waals surface area contributed by atoms with Gasteiger partial charge < -0.3 is 35.2 Å². The lowest BCUT2D eigenvalue weighted by molar-refractivity contribution is -0.298. The van der Waals surface area contributed by atoms with Crippen molar-refractivity contribution in [3.05, 3.63) is 36.5 Å². The summed E-state index contributed by atoms with van der Waals surface area (Å²) >= 11 is 0. The van der Waals surface area contributed by atoms with E-state index in [1.165, 1.54) is 205 Å². The monoisotopic (exact) mass is 1040 g/mol. The van der Waals surface area contributed by atoms with Crippen LogP contribution >= 0.6 is 0 Å². The van der Waals surface area contributed by atoms with Crippen LogP contribution in [0, 0.1) is 0 Å². The Hall–Kier alpha value is -1.68. The summed E-state index contributed by atoms with van der Waals surface area (Å²) in [6.45, 7) is 3.43. The zero-order chi connectivity index (χ0) is 52.6. The van der Waals surface area contributed by atoms with Gasteiger partial charge in [0.25, 0.3) is 0 Å². The van der Waals surface area contributed by atoms with Crippen LogP contribution in [0.3, 0.4) is 0 Å². The zero-order valence-electron chi connectivity index (χ0n) is 46.0. The standard InChI is InChI=1S/C59H111NO11S/c1-3-5-7-9-11-13-15-17-19-21-23-24-25-26-27-28-29-30-31-33-35-37-39-41-43-45-47-49-55(63)60-52(51-69-59-57(65)58(71-72(66,67)68)56(64)54(50-61)70-59)53(62)48-46-44-42-40-38-36-34-32-22-20-18-16-14-12-10-8-6-4-2/h23-24,26-27,46,48,52-54,56-59,61-62,64-65H,3-22,25,28-45,47,49-51H2,1-2H3,(H,60,63)(H,66,67,68)/b24-23-,27-26-,48-46+. The smallest absolute Gasteiger partial charge is 0.394 e. The average Bonchev–Trinajstić information content (AvgIpc) is 3.36. The fourth-order valence-corrected chi connectivity index (χ4v) is 10.1. The Kier molecular flexibility index (Phi) is 46.4. The van der Waals surface area contributed by atoms with Crippen molar-refractivity contribution in [2.45, 2.75) is 320 Å². The number of unbranched alkanes of at least 4 members (excludes halogenated alkanes) is 36. The number of ether oxygens (including phenoxy) is 2. The topological polar surface area (TPSA) is 192 Å². The highest BCUT2D eigenvalue weighted by atomic mass is 32.3. The van der Waals surface area contributed by atoms with E-state index < -0.39 is 59.9 Å². The highest BCUT2D eigenvalue weighted by Crippen LogP contribution is 2.26. The van der Waals surface area contributed by atoms with Crippen LogP contribution in [0.15, 0.2) is 36.5 Å². The first kappa shape index (κ1) is 68.3. The molecule has 7 unspecified atom stereocenters. The van der Waals surface area contributed by atoms with E-state index in [2.05, 4.69) is 47.7 Å². The Morgan fingerprint density at radius 3 is 1.32 bits per heavy atom. The minimum atomic E-state index is -5.09. The second-order valence-electron chi connectivity index (χ2n) is 20.9. The fraction of sp³-hybridized carbons (Fsp3) is 0.881. The maximum absolute atomic E-state index is 13.1. The summed E-state index contributed by atoms with van der Waals surface area (Å²) < 4.78 is 47.9. The van der Waals surface area contributed by atoms with Crippen molar-refractivity contribution in [3.63, 3.8) is 0 Å². The third kappa shape index (κ3) is 40.6. The molecule has 1 saturated heterocycles. The third-order valence-electron chi connectivity index (χ3n) is 14.2. The van der Waals surface area contributed by atoms with Crippen LogP contribution in [0.2, 0.25) is 0 Å². The van der Waals surface area contributed by atoms with Gasteiger partial charge in [-0.2, -0.15) is 8.42 Å². The molecule has 0 aromatic rings. The van der Waals surface area contributed by atoms with Crippen LogP contribution in [0.1, 0.15) is 277 Å². The lowest BCUT2D eigenvalue weighted by Crippen LogP contribution is -2.61. The SMILES string of the molecule is CCCCCCCCCCC/C=C\C/C=C\CCCCCCCCCCCCCC(=O)NC(COC1OC(CO)C(O)C(OS(=O)(=O)O)C1O)C(O)/C=C/CCCCCCCCCCCCCCCCCC. The zero-order valence-corrected chi connectivity index (χ0v) is 46.8.